The van der Waals surface area contributed by atoms with Gasteiger partial charge in [0.1, 0.15) is 6.61 Å². The molecule has 0 radical (unpaired) electrons. The van der Waals surface area contributed by atoms with Crippen LogP contribution in [0, 0.1) is 5.41 Å². The van der Waals surface area contributed by atoms with Gasteiger partial charge in [-0.1, -0.05) is 6.92 Å². The molecule has 1 amide bonds. The van der Waals surface area contributed by atoms with Crippen LogP contribution in [0.1, 0.15) is 6.92 Å². The van der Waals surface area contributed by atoms with Crippen molar-refractivity contribution < 1.29 is 41.3 Å². The lowest BCUT2D eigenvalue weighted by Gasteiger charge is -2.23. The lowest BCUT2D eigenvalue weighted by atomic mass is 9.95. The Kier molecular flexibility index (Phi) is 5.37. The van der Waals surface area contributed by atoms with Gasteiger partial charge in [0.05, 0.1) is 13.2 Å². The Balaban J connectivity index is 4.48. The molecule has 0 rings (SSSR count). The van der Waals surface area contributed by atoms with Crippen LogP contribution in [-0.2, 0) is 14.8 Å². The van der Waals surface area contributed by atoms with Gasteiger partial charge in [-0.05, 0) is 0 Å². The number of ether oxygens (including phenoxy) is 1. The lowest BCUT2D eigenvalue weighted by molar-refractivity contribution is -0.0451. The van der Waals surface area contributed by atoms with E-state index in [2.05, 4.69) is 4.74 Å². The zero-order chi connectivity index (χ0) is 14.6. The highest BCUT2D eigenvalue weighted by Crippen LogP contribution is 2.21. The van der Waals surface area contributed by atoms with Gasteiger partial charge < -0.3 is 14.9 Å². The third-order valence-electron chi connectivity index (χ3n) is 1.84. The van der Waals surface area contributed by atoms with Crippen molar-refractivity contribution in [2.45, 2.75) is 12.4 Å². The lowest BCUT2D eigenvalue weighted by Crippen LogP contribution is -2.42. The number of carbonyl (C=O) groups excluding carboxylic acids is 1. The first-order valence-corrected chi connectivity index (χ1v) is 5.93. The van der Waals surface area contributed by atoms with Gasteiger partial charge in [0.25, 0.3) is 0 Å². The fraction of sp³-hybridized carbons (Fsp3) is 0.857. The number of alkyl halides is 3. The van der Waals surface area contributed by atoms with E-state index < -0.39 is 46.9 Å². The minimum atomic E-state index is -5.83. The first-order valence-electron chi connectivity index (χ1n) is 4.45. The molecule has 3 N–H and O–H groups in total. The number of aliphatic hydroxyl groups is 2. The summed E-state index contributed by atoms with van der Waals surface area (Å²) < 4.78 is 61.4. The number of halogens is 3. The maximum Gasteiger partial charge on any atom is 0.516 e. The molecule has 0 heterocycles. The summed E-state index contributed by atoms with van der Waals surface area (Å²) in [6.45, 7) is -0.594. The fourth-order valence-corrected chi connectivity index (χ4v) is 0.972. The summed E-state index contributed by atoms with van der Waals surface area (Å²) in [7, 11) is -5.83. The minimum absolute atomic E-state index is 0.608. The van der Waals surface area contributed by atoms with Crippen molar-refractivity contribution in [3.63, 3.8) is 0 Å². The van der Waals surface area contributed by atoms with Gasteiger partial charge in [0.15, 0.2) is 0 Å². The third-order valence-corrected chi connectivity index (χ3v) is 2.88. The molecule has 0 saturated carbocycles. The first kappa shape index (κ1) is 16.9. The SMILES string of the molecule is CC(CO)(CO)COC(=O)NS(=O)(=O)C(F)(F)F. The van der Waals surface area contributed by atoms with Crippen LogP contribution in [-0.4, -0.2) is 50.1 Å². The van der Waals surface area contributed by atoms with Crippen LogP contribution in [0.2, 0.25) is 0 Å². The highest BCUT2D eigenvalue weighted by Gasteiger charge is 2.47. The molecule has 0 bridgehead atoms. The van der Waals surface area contributed by atoms with Crippen molar-refractivity contribution in [2.75, 3.05) is 19.8 Å². The van der Waals surface area contributed by atoms with E-state index in [1.165, 1.54) is 6.92 Å². The van der Waals surface area contributed by atoms with Crippen LogP contribution in [0.15, 0.2) is 0 Å². The van der Waals surface area contributed by atoms with Crippen molar-refractivity contribution >= 4 is 16.1 Å². The molecule has 0 aromatic rings. The van der Waals surface area contributed by atoms with Gasteiger partial charge in [-0.2, -0.15) is 21.6 Å². The molecule has 11 heteroatoms. The van der Waals surface area contributed by atoms with Crippen LogP contribution in [0.25, 0.3) is 0 Å². The van der Waals surface area contributed by atoms with E-state index in [0.717, 1.165) is 0 Å². The summed E-state index contributed by atoms with van der Waals surface area (Å²) in [6, 6.07) is 0. The third kappa shape index (κ3) is 4.66. The molecule has 7 nitrogen and oxygen atoms in total. The molecule has 0 aliphatic rings. The monoisotopic (exact) mass is 295 g/mol. The second-order valence-electron chi connectivity index (χ2n) is 3.75. The average Bonchev–Trinajstić information content (AvgIpc) is 2.24. The predicted octanol–water partition coefficient (Wildman–Crippen LogP) is -0.447. The highest BCUT2D eigenvalue weighted by molar-refractivity contribution is 7.90. The molecule has 0 atom stereocenters. The van der Waals surface area contributed by atoms with Gasteiger partial charge in [-0.3, -0.25) is 0 Å². The Bertz CT molecular complexity index is 388. The molecule has 108 valence electrons. The maximum absolute atomic E-state index is 11.9. The van der Waals surface area contributed by atoms with E-state index in [1.807, 2.05) is 0 Å². The van der Waals surface area contributed by atoms with Crippen molar-refractivity contribution in [3.8, 4) is 0 Å². The molecule has 0 unspecified atom stereocenters. The van der Waals surface area contributed by atoms with Crippen LogP contribution in [0.5, 0.6) is 0 Å². The standard InChI is InChI=1S/C7H12F3NO6S/c1-6(2-12,3-13)4-17-5(14)11-18(15,16)7(8,9)10/h12-13H,2-4H2,1H3,(H,11,14). The number of nitrogens with one attached hydrogen (secondary N) is 1. The predicted molar refractivity (Wildman–Crippen MR) is 51.7 cm³/mol. The van der Waals surface area contributed by atoms with Gasteiger partial charge in [0, 0.05) is 5.41 Å². The molecule has 0 aliphatic carbocycles. The molecule has 0 spiro atoms. The summed E-state index contributed by atoms with van der Waals surface area (Å²) in [6.07, 6.45) is -1.85. The number of sulfonamides is 1. The van der Waals surface area contributed by atoms with E-state index in [-0.39, 0.29) is 0 Å². The molecular formula is C7H12F3NO6S. The van der Waals surface area contributed by atoms with Crippen LogP contribution >= 0.6 is 0 Å². The Hall–Kier alpha value is -1.07. The topological polar surface area (TPSA) is 113 Å². The van der Waals surface area contributed by atoms with Gasteiger partial charge in [-0.15, -0.1) is 0 Å². The Morgan fingerprint density at radius 2 is 1.72 bits per heavy atom. The van der Waals surface area contributed by atoms with E-state index in [9.17, 15) is 26.4 Å². The largest absolute Gasteiger partial charge is 0.516 e. The summed E-state index contributed by atoms with van der Waals surface area (Å²) in [5.74, 6) is 0. The number of amides is 1. The highest BCUT2D eigenvalue weighted by atomic mass is 32.2. The number of hydrogen-bond donors (Lipinski definition) is 3. The molecular weight excluding hydrogens is 283 g/mol. The number of aliphatic hydroxyl groups excluding tert-OH is 2. The van der Waals surface area contributed by atoms with Gasteiger partial charge in [0.2, 0.25) is 0 Å². The number of carbonyl (C=O) groups is 1. The van der Waals surface area contributed by atoms with Crippen molar-refractivity contribution in [1.29, 1.82) is 0 Å². The summed E-state index contributed by atoms with van der Waals surface area (Å²) in [4.78, 5) is 10.8. The average molecular weight is 295 g/mol. The van der Waals surface area contributed by atoms with E-state index in [0.29, 0.717) is 4.72 Å². The number of rotatable bonds is 5. The second kappa shape index (κ2) is 5.71. The Morgan fingerprint density at radius 1 is 1.28 bits per heavy atom. The van der Waals surface area contributed by atoms with Gasteiger partial charge in [-0.25, -0.2) is 9.52 Å². The minimum Gasteiger partial charge on any atom is -0.448 e. The molecule has 0 aromatic heterocycles. The van der Waals surface area contributed by atoms with E-state index in [4.69, 9.17) is 10.2 Å². The van der Waals surface area contributed by atoms with Crippen LogP contribution in [0.3, 0.4) is 0 Å². The molecule has 18 heavy (non-hydrogen) atoms. The van der Waals surface area contributed by atoms with E-state index in [1.54, 1.807) is 0 Å². The maximum atomic E-state index is 11.9. The normalized spacial score (nSPS) is 13.2. The Morgan fingerprint density at radius 3 is 2.06 bits per heavy atom. The van der Waals surface area contributed by atoms with Crippen molar-refractivity contribution in [3.05, 3.63) is 0 Å². The van der Waals surface area contributed by atoms with Crippen molar-refractivity contribution in [1.82, 2.24) is 4.72 Å². The number of hydrogen-bond acceptors (Lipinski definition) is 6. The molecule has 0 fully saturated rings. The molecule has 0 saturated heterocycles. The second-order valence-corrected chi connectivity index (χ2v) is 5.43. The fourth-order valence-electron chi connectivity index (χ4n) is 0.578. The van der Waals surface area contributed by atoms with Crippen molar-refractivity contribution in [2.24, 2.45) is 5.41 Å². The zero-order valence-electron chi connectivity index (χ0n) is 9.19. The Labute approximate surface area is 101 Å². The van der Waals surface area contributed by atoms with Gasteiger partial charge >= 0.3 is 21.6 Å². The van der Waals surface area contributed by atoms with Crippen LogP contribution in [0.4, 0.5) is 18.0 Å². The molecule has 0 aromatic carbocycles. The van der Waals surface area contributed by atoms with E-state index >= 15 is 0 Å². The molecule has 0 aliphatic heterocycles. The van der Waals surface area contributed by atoms with Crippen LogP contribution < -0.4 is 4.72 Å². The summed E-state index contributed by atoms with van der Waals surface area (Å²) in [5, 5.41) is 17.6. The quantitative estimate of drug-likeness (QED) is 0.633. The first-order chi connectivity index (χ1) is 7.97. The zero-order valence-corrected chi connectivity index (χ0v) is 10.0. The smallest absolute Gasteiger partial charge is 0.448 e. The summed E-state index contributed by atoms with van der Waals surface area (Å²) >= 11 is 0. The summed E-state index contributed by atoms with van der Waals surface area (Å²) in [5.41, 5.74) is -6.91.